The van der Waals surface area contributed by atoms with Crippen LogP contribution in [0.4, 0.5) is 0 Å². The predicted octanol–water partition coefficient (Wildman–Crippen LogP) is 1.69. The lowest BCUT2D eigenvalue weighted by Gasteiger charge is -2.03. The Balaban J connectivity index is 2.24. The van der Waals surface area contributed by atoms with Crippen LogP contribution in [-0.4, -0.2) is 22.1 Å². The summed E-state index contributed by atoms with van der Waals surface area (Å²) in [5.74, 6) is -0.293. The number of rotatable bonds is 4. The average molecular weight is 295 g/mol. The van der Waals surface area contributed by atoms with E-state index in [-0.39, 0.29) is 15.9 Å². The summed E-state index contributed by atoms with van der Waals surface area (Å²) in [7, 11) is -1.70. The first kappa shape index (κ1) is 12.9. The van der Waals surface area contributed by atoms with Crippen molar-refractivity contribution < 1.29 is 16.8 Å². The lowest BCUT2D eigenvalue weighted by Crippen LogP contribution is -2.07. The molecule has 17 heavy (non-hydrogen) atoms. The van der Waals surface area contributed by atoms with Crippen molar-refractivity contribution in [3.05, 3.63) is 29.8 Å². The zero-order valence-corrected chi connectivity index (χ0v) is 11.2. The van der Waals surface area contributed by atoms with Gasteiger partial charge in [-0.15, -0.1) is 0 Å². The summed E-state index contributed by atoms with van der Waals surface area (Å²) in [6.45, 7) is 0. The van der Waals surface area contributed by atoms with E-state index in [1.165, 1.54) is 24.3 Å². The Hall–Kier alpha value is -0.590. The van der Waals surface area contributed by atoms with Gasteiger partial charge in [0.05, 0.1) is 15.9 Å². The molecule has 4 nitrogen and oxygen atoms in total. The topological polar surface area (TPSA) is 68.3 Å². The summed E-state index contributed by atoms with van der Waals surface area (Å²) in [6.07, 6.45) is 1.42. The minimum atomic E-state index is -3.61. The predicted molar refractivity (Wildman–Crippen MR) is 65.1 cm³/mol. The highest BCUT2D eigenvalue weighted by Gasteiger charge is 2.36. The second kappa shape index (κ2) is 4.26. The molecule has 94 valence electrons. The van der Waals surface area contributed by atoms with E-state index in [0.29, 0.717) is 18.4 Å². The number of halogens is 1. The third kappa shape index (κ3) is 3.20. The van der Waals surface area contributed by atoms with E-state index in [1.807, 2.05) is 0 Å². The highest BCUT2D eigenvalue weighted by atomic mass is 35.7. The molecule has 0 saturated heterocycles. The Morgan fingerprint density at radius 3 is 2.00 bits per heavy atom. The monoisotopic (exact) mass is 294 g/mol. The van der Waals surface area contributed by atoms with E-state index in [1.54, 1.807) is 0 Å². The molecule has 1 saturated carbocycles. The van der Waals surface area contributed by atoms with Crippen molar-refractivity contribution in [2.45, 2.75) is 28.7 Å². The van der Waals surface area contributed by atoms with Crippen molar-refractivity contribution in [2.24, 2.45) is 0 Å². The Kier molecular flexibility index (Phi) is 3.22. The van der Waals surface area contributed by atoms with E-state index >= 15 is 0 Å². The minimum absolute atomic E-state index is 0.246. The van der Waals surface area contributed by atoms with E-state index < -0.39 is 18.9 Å². The zero-order valence-electron chi connectivity index (χ0n) is 8.84. The molecule has 0 bridgehead atoms. The number of sulfone groups is 1. The van der Waals surface area contributed by atoms with Gasteiger partial charge in [0.2, 0.25) is 9.05 Å². The maximum absolute atomic E-state index is 11.8. The van der Waals surface area contributed by atoms with E-state index in [4.69, 9.17) is 10.7 Å². The van der Waals surface area contributed by atoms with Crippen molar-refractivity contribution in [1.82, 2.24) is 0 Å². The third-order valence-corrected chi connectivity index (χ3v) is 5.84. The Morgan fingerprint density at radius 1 is 1.06 bits per heavy atom. The summed E-state index contributed by atoms with van der Waals surface area (Å²) >= 11 is 0. The fourth-order valence-electron chi connectivity index (χ4n) is 1.55. The van der Waals surface area contributed by atoms with Crippen LogP contribution >= 0.6 is 10.7 Å². The smallest absolute Gasteiger partial charge is 0.223 e. The lowest BCUT2D eigenvalue weighted by molar-refractivity contribution is 0.594. The first-order chi connectivity index (χ1) is 7.79. The molecule has 1 fully saturated rings. The van der Waals surface area contributed by atoms with E-state index in [2.05, 4.69) is 0 Å². The molecule has 1 aromatic rings. The van der Waals surface area contributed by atoms with Gasteiger partial charge < -0.3 is 0 Å². The molecular weight excluding hydrogens is 284 g/mol. The van der Waals surface area contributed by atoms with Crippen LogP contribution in [0.2, 0.25) is 0 Å². The normalized spacial score (nSPS) is 17.0. The zero-order chi connectivity index (χ0) is 12.7. The molecule has 0 amide bonds. The van der Waals surface area contributed by atoms with Crippen LogP contribution in [0.25, 0.3) is 0 Å². The molecule has 0 heterocycles. The van der Waals surface area contributed by atoms with Gasteiger partial charge >= 0.3 is 0 Å². The van der Waals surface area contributed by atoms with Crippen LogP contribution in [0, 0.1) is 0 Å². The molecule has 1 aliphatic rings. The van der Waals surface area contributed by atoms with Crippen LogP contribution in [0.15, 0.2) is 29.2 Å². The van der Waals surface area contributed by atoms with E-state index in [0.717, 1.165) is 0 Å². The molecule has 0 N–H and O–H groups in total. The molecule has 0 radical (unpaired) electrons. The molecule has 7 heteroatoms. The quantitative estimate of drug-likeness (QED) is 0.793. The SMILES string of the molecule is O=S(=O)(Cl)Cc1ccc(S(=O)(=O)C2CC2)cc1. The summed E-state index contributed by atoms with van der Waals surface area (Å²) in [5, 5.41) is -0.259. The van der Waals surface area contributed by atoms with E-state index in [9.17, 15) is 16.8 Å². The van der Waals surface area contributed by atoms with Crippen molar-refractivity contribution in [1.29, 1.82) is 0 Å². The third-order valence-electron chi connectivity index (χ3n) is 2.55. The summed E-state index contributed by atoms with van der Waals surface area (Å²) in [5.41, 5.74) is 0.481. The first-order valence-corrected chi connectivity index (χ1v) is 9.07. The second-order valence-electron chi connectivity index (χ2n) is 4.07. The van der Waals surface area contributed by atoms with Gasteiger partial charge in [0.1, 0.15) is 0 Å². The van der Waals surface area contributed by atoms with Gasteiger partial charge in [0.15, 0.2) is 9.84 Å². The Labute approximate surface area is 105 Å². The van der Waals surface area contributed by atoms with Crippen molar-refractivity contribution in [3.8, 4) is 0 Å². The molecule has 1 aromatic carbocycles. The average Bonchev–Trinajstić information content (AvgIpc) is 2.98. The van der Waals surface area contributed by atoms with Crippen molar-refractivity contribution in [3.63, 3.8) is 0 Å². The molecule has 0 unspecified atom stereocenters. The van der Waals surface area contributed by atoms with Gasteiger partial charge in [-0.1, -0.05) is 12.1 Å². The highest BCUT2D eigenvalue weighted by Crippen LogP contribution is 2.33. The van der Waals surface area contributed by atoms with Crippen LogP contribution in [0.5, 0.6) is 0 Å². The molecule has 1 aliphatic carbocycles. The molecule has 2 rings (SSSR count). The Morgan fingerprint density at radius 2 is 1.59 bits per heavy atom. The van der Waals surface area contributed by atoms with Crippen LogP contribution in [0.3, 0.4) is 0 Å². The fourth-order valence-corrected chi connectivity index (χ4v) is 4.17. The molecule has 0 spiro atoms. The number of benzene rings is 1. The standard InChI is InChI=1S/C10H11ClO4S2/c11-16(12,13)7-8-1-3-9(4-2-8)17(14,15)10-5-6-10/h1-4,10H,5-7H2. The molecule has 0 aromatic heterocycles. The lowest BCUT2D eigenvalue weighted by atomic mass is 10.2. The summed E-state index contributed by atoms with van der Waals surface area (Å²) in [6, 6.07) is 5.83. The second-order valence-corrected chi connectivity index (χ2v) is 9.08. The van der Waals surface area contributed by atoms with Crippen molar-refractivity contribution in [2.75, 3.05) is 0 Å². The molecule has 0 aliphatic heterocycles. The summed E-state index contributed by atoms with van der Waals surface area (Å²) in [4.78, 5) is 0.246. The Bertz CT molecular complexity index is 613. The van der Waals surface area contributed by atoms with Gasteiger partial charge in [-0.25, -0.2) is 16.8 Å². The van der Waals surface area contributed by atoms with Gasteiger partial charge in [-0.3, -0.25) is 0 Å². The largest absolute Gasteiger partial charge is 0.236 e. The molecule has 0 atom stereocenters. The number of hydrogen-bond acceptors (Lipinski definition) is 4. The summed E-state index contributed by atoms with van der Waals surface area (Å²) < 4.78 is 45.4. The minimum Gasteiger partial charge on any atom is -0.223 e. The molecular formula is C10H11ClO4S2. The van der Waals surface area contributed by atoms with Crippen LogP contribution < -0.4 is 0 Å². The van der Waals surface area contributed by atoms with Gasteiger partial charge in [0.25, 0.3) is 0 Å². The van der Waals surface area contributed by atoms with Crippen molar-refractivity contribution >= 4 is 29.6 Å². The maximum atomic E-state index is 11.8. The highest BCUT2D eigenvalue weighted by molar-refractivity contribution is 8.13. The first-order valence-electron chi connectivity index (χ1n) is 5.04. The van der Waals surface area contributed by atoms with Gasteiger partial charge in [0, 0.05) is 10.7 Å². The van der Waals surface area contributed by atoms with Crippen LogP contribution in [0.1, 0.15) is 18.4 Å². The van der Waals surface area contributed by atoms with Gasteiger partial charge in [-0.2, -0.15) is 0 Å². The van der Waals surface area contributed by atoms with Gasteiger partial charge in [-0.05, 0) is 30.5 Å². The number of hydrogen-bond donors (Lipinski definition) is 0. The van der Waals surface area contributed by atoms with Crippen LogP contribution in [-0.2, 0) is 24.6 Å². The maximum Gasteiger partial charge on any atom is 0.236 e. The fraction of sp³-hybridized carbons (Fsp3) is 0.400.